The molecule has 74 valence electrons. The lowest BCUT2D eigenvalue weighted by Gasteiger charge is -2.07. The van der Waals surface area contributed by atoms with Gasteiger partial charge in [0.1, 0.15) is 0 Å². The summed E-state index contributed by atoms with van der Waals surface area (Å²) >= 11 is 14.5. The lowest BCUT2D eigenvalue weighted by atomic mass is 10.6. The van der Waals surface area contributed by atoms with Gasteiger partial charge < -0.3 is 0 Å². The molecule has 0 unspecified atom stereocenters. The van der Waals surface area contributed by atoms with Gasteiger partial charge in [-0.3, -0.25) is 0 Å². The van der Waals surface area contributed by atoms with Crippen LogP contribution in [0.3, 0.4) is 0 Å². The summed E-state index contributed by atoms with van der Waals surface area (Å²) in [7, 11) is 0. The van der Waals surface area contributed by atoms with Gasteiger partial charge in [-0.2, -0.15) is 23.5 Å². The second-order valence-corrected chi connectivity index (χ2v) is 7.31. The van der Waals surface area contributed by atoms with Crippen LogP contribution in [0.5, 0.6) is 0 Å². The van der Waals surface area contributed by atoms with Crippen LogP contribution in [0.2, 0.25) is 0 Å². The largest absolute Gasteiger partial charge is 0.160 e. The van der Waals surface area contributed by atoms with Gasteiger partial charge in [0.2, 0.25) is 0 Å². The predicted molar refractivity (Wildman–Crippen MR) is 75.0 cm³/mol. The molecule has 0 aromatic carbocycles. The third-order valence-corrected chi connectivity index (χ3v) is 6.65. The number of rotatable bonds is 8. The summed E-state index contributed by atoms with van der Waals surface area (Å²) < 4.78 is 0. The second kappa shape index (κ2) is 11.2. The summed E-state index contributed by atoms with van der Waals surface area (Å²) in [6.07, 6.45) is 0. The minimum atomic E-state index is 0.672. The highest BCUT2D eigenvalue weighted by molar-refractivity contribution is 9.10. The fraction of sp³-hybridized carbons (Fsp3) is 1.00. The van der Waals surface area contributed by atoms with Crippen molar-refractivity contribution in [2.24, 2.45) is 0 Å². The summed E-state index contributed by atoms with van der Waals surface area (Å²) in [5.41, 5.74) is 0. The molecule has 0 aliphatic rings. The maximum atomic E-state index is 3.67. The quantitative estimate of drug-likeness (QED) is 0.446. The molecule has 0 bridgehead atoms. The molecule has 0 nitrogen and oxygen atoms in total. The smallest absolute Gasteiger partial charge is 0.0326 e. The summed E-state index contributed by atoms with van der Waals surface area (Å²) in [5.74, 6) is 4.87. The van der Waals surface area contributed by atoms with Gasteiger partial charge in [0.05, 0.1) is 0 Å². The highest BCUT2D eigenvalue weighted by atomic mass is 79.9. The Labute approximate surface area is 109 Å². The van der Waals surface area contributed by atoms with Crippen molar-refractivity contribution < 1.29 is 0 Å². The molecule has 0 saturated heterocycles. The van der Waals surface area contributed by atoms with Crippen LogP contribution in [0.1, 0.15) is 0 Å². The van der Waals surface area contributed by atoms with Crippen molar-refractivity contribution >= 4 is 71.3 Å². The van der Waals surface area contributed by atoms with Gasteiger partial charge >= 0.3 is 0 Å². The van der Waals surface area contributed by atoms with E-state index in [9.17, 15) is 0 Å². The molecule has 0 aromatic heterocycles. The van der Waals surface area contributed by atoms with Crippen LogP contribution < -0.4 is 0 Å². The van der Waals surface area contributed by atoms with Gasteiger partial charge in [-0.05, 0) is 0 Å². The van der Waals surface area contributed by atoms with E-state index in [1.54, 1.807) is 0 Å². The Kier molecular flexibility index (Phi) is 13.2. The van der Waals surface area contributed by atoms with E-state index in [4.69, 9.17) is 0 Å². The molecule has 0 aliphatic carbocycles. The van der Waals surface area contributed by atoms with Crippen LogP contribution in [-0.2, 0) is 0 Å². The van der Waals surface area contributed by atoms with Crippen molar-refractivity contribution in [2.45, 2.75) is 4.83 Å². The molecular formula is C7H13Br3S2. The van der Waals surface area contributed by atoms with Crippen molar-refractivity contribution in [1.29, 1.82) is 0 Å². The van der Waals surface area contributed by atoms with Crippen molar-refractivity contribution in [3.8, 4) is 0 Å². The van der Waals surface area contributed by atoms with E-state index in [2.05, 4.69) is 47.8 Å². The molecule has 0 aliphatic heterocycles. The summed E-state index contributed by atoms with van der Waals surface area (Å²) in [5, 5.41) is 2.21. The molecule has 0 N–H and O–H groups in total. The topological polar surface area (TPSA) is 0 Å². The van der Waals surface area contributed by atoms with Crippen LogP contribution in [0.4, 0.5) is 0 Å². The van der Waals surface area contributed by atoms with E-state index in [-0.39, 0.29) is 0 Å². The zero-order valence-corrected chi connectivity index (χ0v) is 13.2. The van der Waals surface area contributed by atoms with Crippen LogP contribution >= 0.6 is 71.3 Å². The molecule has 12 heavy (non-hydrogen) atoms. The fourth-order valence-electron chi connectivity index (χ4n) is 0.580. The molecule has 5 heteroatoms. The maximum absolute atomic E-state index is 3.67. The van der Waals surface area contributed by atoms with Crippen LogP contribution in [-0.4, -0.2) is 38.5 Å². The molecule has 0 fully saturated rings. The number of halogens is 3. The third-order valence-electron chi connectivity index (χ3n) is 1.04. The molecule has 0 radical (unpaired) electrons. The van der Waals surface area contributed by atoms with Gasteiger partial charge in [-0.15, -0.1) is 0 Å². The zero-order chi connectivity index (χ0) is 9.23. The standard InChI is InChI=1S/C7H13Br3S2/c8-1-3-11-5-7(10)6-12-4-2-9/h7H,1-6H2. The first-order valence-electron chi connectivity index (χ1n) is 3.72. The van der Waals surface area contributed by atoms with E-state index in [0.29, 0.717) is 4.83 Å². The lowest BCUT2D eigenvalue weighted by molar-refractivity contribution is 1.17. The number of alkyl halides is 3. The van der Waals surface area contributed by atoms with E-state index in [1.165, 1.54) is 23.0 Å². The second-order valence-electron chi connectivity index (χ2n) is 2.13. The minimum Gasteiger partial charge on any atom is -0.160 e. The predicted octanol–water partition coefficient (Wildman–Crippen LogP) is 4.01. The van der Waals surface area contributed by atoms with Crippen molar-refractivity contribution in [3.05, 3.63) is 0 Å². The molecular weight excluding hydrogens is 388 g/mol. The van der Waals surface area contributed by atoms with Crippen molar-refractivity contribution in [2.75, 3.05) is 33.7 Å². The first kappa shape index (κ1) is 14.1. The Morgan fingerprint density at radius 3 is 1.67 bits per heavy atom. The first-order valence-corrected chi connectivity index (χ1v) is 9.19. The van der Waals surface area contributed by atoms with E-state index < -0.39 is 0 Å². The third kappa shape index (κ3) is 10.2. The molecule has 0 amide bonds. The molecule has 0 atom stereocenters. The maximum Gasteiger partial charge on any atom is 0.0326 e. The number of hydrogen-bond donors (Lipinski definition) is 0. The van der Waals surface area contributed by atoms with Gasteiger partial charge in [0, 0.05) is 38.5 Å². The first-order chi connectivity index (χ1) is 5.81. The minimum absolute atomic E-state index is 0.672. The Hall–Kier alpha value is 2.14. The monoisotopic (exact) mass is 398 g/mol. The number of hydrogen-bond acceptors (Lipinski definition) is 2. The number of thioether (sulfide) groups is 2. The summed E-state index contributed by atoms with van der Waals surface area (Å²) in [6.45, 7) is 0. The normalized spacial score (nSPS) is 11.0. The summed E-state index contributed by atoms with van der Waals surface area (Å²) in [4.78, 5) is 0.672. The fourth-order valence-corrected chi connectivity index (χ4v) is 4.52. The average Bonchev–Trinajstić information content (AvgIpc) is 2.06. The van der Waals surface area contributed by atoms with Crippen LogP contribution in [0, 0.1) is 0 Å². The van der Waals surface area contributed by atoms with Crippen LogP contribution in [0.25, 0.3) is 0 Å². The molecule has 0 saturated carbocycles. The van der Waals surface area contributed by atoms with Gasteiger partial charge in [0.25, 0.3) is 0 Å². The SMILES string of the molecule is BrCCSCC(Br)CSCCBr. The summed E-state index contributed by atoms with van der Waals surface area (Å²) in [6, 6.07) is 0. The van der Waals surface area contributed by atoms with Crippen LogP contribution in [0.15, 0.2) is 0 Å². The highest BCUT2D eigenvalue weighted by Crippen LogP contribution is 2.15. The van der Waals surface area contributed by atoms with Gasteiger partial charge in [-0.1, -0.05) is 47.8 Å². The van der Waals surface area contributed by atoms with Gasteiger partial charge in [-0.25, -0.2) is 0 Å². The van der Waals surface area contributed by atoms with E-state index >= 15 is 0 Å². The zero-order valence-electron chi connectivity index (χ0n) is 6.77. The highest BCUT2D eigenvalue weighted by Gasteiger charge is 2.03. The molecule has 0 heterocycles. The Morgan fingerprint density at radius 1 is 0.917 bits per heavy atom. The Bertz CT molecular complexity index is 82.7. The van der Waals surface area contributed by atoms with Crippen molar-refractivity contribution in [1.82, 2.24) is 0 Å². The molecule has 0 spiro atoms. The van der Waals surface area contributed by atoms with Gasteiger partial charge in [0.15, 0.2) is 0 Å². The molecule has 0 rings (SSSR count). The molecule has 0 aromatic rings. The lowest BCUT2D eigenvalue weighted by Crippen LogP contribution is -2.06. The Morgan fingerprint density at radius 2 is 1.33 bits per heavy atom. The van der Waals surface area contributed by atoms with E-state index in [1.807, 2.05) is 23.5 Å². The Balaban J connectivity index is 3.04. The average molecular weight is 401 g/mol. The van der Waals surface area contributed by atoms with E-state index in [0.717, 1.165) is 10.7 Å². The van der Waals surface area contributed by atoms with Crippen molar-refractivity contribution in [3.63, 3.8) is 0 Å².